The van der Waals surface area contributed by atoms with Gasteiger partial charge < -0.3 is 15.1 Å². The summed E-state index contributed by atoms with van der Waals surface area (Å²) >= 11 is 0. The van der Waals surface area contributed by atoms with E-state index in [1.54, 1.807) is 0 Å². The number of amides is 2. The predicted octanol–water partition coefficient (Wildman–Crippen LogP) is 2.58. The molecule has 0 radical (unpaired) electrons. The first kappa shape index (κ1) is 17.5. The smallest absolute Gasteiger partial charge is 0.321 e. The Bertz CT molecular complexity index is 724. The van der Waals surface area contributed by atoms with Gasteiger partial charge in [0.1, 0.15) is 0 Å². The van der Waals surface area contributed by atoms with Crippen molar-refractivity contribution in [3.8, 4) is 0 Å². The lowest BCUT2D eigenvalue weighted by Crippen LogP contribution is -2.33. The van der Waals surface area contributed by atoms with Crippen molar-refractivity contribution in [1.29, 1.82) is 0 Å². The van der Waals surface area contributed by atoms with E-state index in [9.17, 15) is 4.79 Å². The van der Waals surface area contributed by atoms with E-state index in [1.165, 1.54) is 11.1 Å². The van der Waals surface area contributed by atoms with Crippen LogP contribution in [0.1, 0.15) is 17.5 Å². The summed E-state index contributed by atoms with van der Waals surface area (Å²) in [4.78, 5) is 16.6. The zero-order chi connectivity index (χ0) is 17.8. The Morgan fingerprint density at radius 2 is 2.20 bits per heavy atom. The van der Waals surface area contributed by atoms with Crippen molar-refractivity contribution in [2.24, 2.45) is 13.0 Å². The second-order valence-electron chi connectivity index (χ2n) is 7.20. The largest absolute Gasteiger partial charge is 0.324 e. The van der Waals surface area contributed by atoms with E-state index in [0.717, 1.165) is 38.2 Å². The fourth-order valence-corrected chi connectivity index (χ4v) is 3.41. The van der Waals surface area contributed by atoms with Crippen molar-refractivity contribution in [2.75, 3.05) is 32.5 Å². The third-order valence-corrected chi connectivity index (χ3v) is 4.53. The van der Waals surface area contributed by atoms with E-state index in [2.05, 4.69) is 27.6 Å². The van der Waals surface area contributed by atoms with Gasteiger partial charge in [-0.1, -0.05) is 12.1 Å². The van der Waals surface area contributed by atoms with Crippen LogP contribution in [0, 0.1) is 5.92 Å². The highest BCUT2D eigenvalue weighted by atomic mass is 16.2. The van der Waals surface area contributed by atoms with Crippen molar-refractivity contribution in [3.63, 3.8) is 0 Å². The van der Waals surface area contributed by atoms with Crippen molar-refractivity contribution >= 4 is 11.7 Å². The summed E-state index contributed by atoms with van der Waals surface area (Å²) in [5.41, 5.74) is 3.30. The molecule has 1 unspecified atom stereocenters. The summed E-state index contributed by atoms with van der Waals surface area (Å²) in [6.07, 6.45) is 6.00. The van der Waals surface area contributed by atoms with Crippen molar-refractivity contribution in [1.82, 2.24) is 19.6 Å². The summed E-state index contributed by atoms with van der Waals surface area (Å²) in [7, 11) is 6.01. The minimum Gasteiger partial charge on any atom is -0.324 e. The standard InChI is InChI=1S/C19H27N5O/c1-22(2)12-15-5-4-6-18(10-15)21-19(25)24-8-7-16(14-24)9-17-11-20-23(3)13-17/h4-6,10-11,13,16H,7-9,12,14H2,1-3H3,(H,21,25). The molecule has 6 nitrogen and oxygen atoms in total. The fraction of sp³-hybridized carbons (Fsp3) is 0.474. The number of rotatable bonds is 5. The molecule has 1 saturated heterocycles. The number of aryl methyl sites for hydroxylation is 1. The average molecular weight is 341 g/mol. The summed E-state index contributed by atoms with van der Waals surface area (Å²) < 4.78 is 1.83. The summed E-state index contributed by atoms with van der Waals surface area (Å²) in [5.74, 6) is 0.509. The van der Waals surface area contributed by atoms with Crippen LogP contribution < -0.4 is 5.32 Å². The van der Waals surface area contributed by atoms with Crippen LogP contribution in [0.4, 0.5) is 10.5 Å². The van der Waals surface area contributed by atoms with Crippen LogP contribution in [0.5, 0.6) is 0 Å². The highest BCUT2D eigenvalue weighted by Gasteiger charge is 2.26. The zero-order valence-corrected chi connectivity index (χ0v) is 15.3. The van der Waals surface area contributed by atoms with Gasteiger partial charge in [0.2, 0.25) is 0 Å². The lowest BCUT2D eigenvalue weighted by atomic mass is 10.0. The molecule has 1 atom stereocenters. The van der Waals surface area contributed by atoms with E-state index in [4.69, 9.17) is 0 Å². The topological polar surface area (TPSA) is 53.4 Å². The van der Waals surface area contributed by atoms with Gasteiger partial charge in [-0.2, -0.15) is 5.10 Å². The molecule has 2 amide bonds. The monoisotopic (exact) mass is 341 g/mol. The molecule has 0 aliphatic carbocycles. The van der Waals surface area contributed by atoms with Gasteiger partial charge in [0.25, 0.3) is 0 Å². The molecule has 1 fully saturated rings. The quantitative estimate of drug-likeness (QED) is 0.909. The van der Waals surface area contributed by atoms with Crippen molar-refractivity contribution in [2.45, 2.75) is 19.4 Å². The van der Waals surface area contributed by atoms with Crippen LogP contribution in [0.25, 0.3) is 0 Å². The second-order valence-corrected chi connectivity index (χ2v) is 7.20. The second kappa shape index (κ2) is 7.70. The molecule has 0 bridgehead atoms. The Kier molecular flexibility index (Phi) is 5.38. The number of nitrogens with zero attached hydrogens (tertiary/aromatic N) is 4. The van der Waals surface area contributed by atoms with E-state index in [0.29, 0.717) is 5.92 Å². The lowest BCUT2D eigenvalue weighted by molar-refractivity contribution is 0.221. The van der Waals surface area contributed by atoms with Crippen LogP contribution in [-0.4, -0.2) is 52.8 Å². The third kappa shape index (κ3) is 4.82. The molecule has 1 aromatic heterocycles. The lowest BCUT2D eigenvalue weighted by Gasteiger charge is -2.18. The normalized spacial score (nSPS) is 17.3. The molecule has 2 heterocycles. The molecule has 1 aromatic carbocycles. The molecular formula is C19H27N5O. The zero-order valence-electron chi connectivity index (χ0n) is 15.3. The van der Waals surface area contributed by atoms with Crippen LogP contribution >= 0.6 is 0 Å². The van der Waals surface area contributed by atoms with Crippen LogP contribution in [0.2, 0.25) is 0 Å². The van der Waals surface area contributed by atoms with E-state index in [1.807, 2.05) is 55.1 Å². The molecule has 0 saturated carbocycles. The summed E-state index contributed by atoms with van der Waals surface area (Å²) in [6, 6.07) is 8.05. The van der Waals surface area contributed by atoms with Gasteiger partial charge in [-0.25, -0.2) is 4.79 Å². The highest BCUT2D eigenvalue weighted by Crippen LogP contribution is 2.22. The Balaban J connectivity index is 1.53. The number of carbonyl (C=O) groups is 1. The predicted molar refractivity (Wildman–Crippen MR) is 99.4 cm³/mol. The number of nitrogens with one attached hydrogen (secondary N) is 1. The minimum atomic E-state index is -0.00399. The maximum atomic E-state index is 12.5. The van der Waals surface area contributed by atoms with E-state index >= 15 is 0 Å². The van der Waals surface area contributed by atoms with Crippen LogP contribution in [-0.2, 0) is 20.0 Å². The first-order valence-electron chi connectivity index (χ1n) is 8.77. The number of aromatic nitrogens is 2. The van der Waals surface area contributed by atoms with Gasteiger partial charge in [0.05, 0.1) is 6.20 Å². The summed E-state index contributed by atoms with van der Waals surface area (Å²) in [5, 5.41) is 7.26. The maximum Gasteiger partial charge on any atom is 0.321 e. The molecule has 1 aliphatic heterocycles. The molecule has 3 rings (SSSR count). The maximum absolute atomic E-state index is 12.5. The van der Waals surface area contributed by atoms with Gasteiger partial charge in [-0.15, -0.1) is 0 Å². The Hall–Kier alpha value is -2.34. The van der Waals surface area contributed by atoms with E-state index in [-0.39, 0.29) is 6.03 Å². The van der Waals surface area contributed by atoms with E-state index < -0.39 is 0 Å². The minimum absolute atomic E-state index is 0.00399. The van der Waals surface area contributed by atoms with Gasteiger partial charge in [0.15, 0.2) is 0 Å². The van der Waals surface area contributed by atoms with Crippen molar-refractivity contribution < 1.29 is 4.79 Å². The molecular weight excluding hydrogens is 314 g/mol. The molecule has 6 heteroatoms. The number of urea groups is 1. The third-order valence-electron chi connectivity index (χ3n) is 4.53. The number of carbonyl (C=O) groups excluding carboxylic acids is 1. The SMILES string of the molecule is CN(C)Cc1cccc(NC(=O)N2CCC(Cc3cnn(C)c3)C2)c1. The molecule has 25 heavy (non-hydrogen) atoms. The average Bonchev–Trinajstić information content (AvgIpc) is 3.17. The van der Waals surface area contributed by atoms with Crippen LogP contribution in [0.15, 0.2) is 36.7 Å². The number of hydrogen-bond donors (Lipinski definition) is 1. The Morgan fingerprint density at radius 3 is 2.92 bits per heavy atom. The molecule has 1 N–H and O–H groups in total. The first-order chi connectivity index (χ1) is 12.0. The van der Waals surface area contributed by atoms with Gasteiger partial charge in [0, 0.05) is 38.6 Å². The van der Waals surface area contributed by atoms with Crippen molar-refractivity contribution in [3.05, 3.63) is 47.8 Å². The number of hydrogen-bond acceptors (Lipinski definition) is 3. The highest BCUT2D eigenvalue weighted by molar-refractivity contribution is 5.89. The molecule has 0 spiro atoms. The van der Waals surface area contributed by atoms with Gasteiger partial charge >= 0.3 is 6.03 Å². The number of likely N-dealkylation sites (tertiary alicyclic amines) is 1. The summed E-state index contributed by atoms with van der Waals surface area (Å²) in [6.45, 7) is 2.48. The van der Waals surface area contributed by atoms with Gasteiger partial charge in [-0.3, -0.25) is 4.68 Å². The van der Waals surface area contributed by atoms with Gasteiger partial charge in [-0.05, 0) is 56.1 Å². The Labute approximate surface area is 149 Å². The fourth-order valence-electron chi connectivity index (χ4n) is 3.41. The number of benzene rings is 1. The number of anilines is 1. The Morgan fingerprint density at radius 1 is 1.36 bits per heavy atom. The van der Waals surface area contributed by atoms with Crippen LogP contribution in [0.3, 0.4) is 0 Å². The molecule has 2 aromatic rings. The molecule has 134 valence electrons. The molecule has 1 aliphatic rings. The first-order valence-corrected chi connectivity index (χ1v) is 8.77.